The summed E-state index contributed by atoms with van der Waals surface area (Å²) in [6.45, 7) is 7.04. The van der Waals surface area contributed by atoms with Crippen LogP contribution in [0.25, 0.3) is 0 Å². The van der Waals surface area contributed by atoms with Crippen molar-refractivity contribution < 1.29 is 9.59 Å². The first kappa shape index (κ1) is 19.0. The molecular weight excluding hydrogens is 314 g/mol. The highest BCUT2D eigenvalue weighted by Crippen LogP contribution is 2.27. The number of benzene rings is 1. The Kier molecular flexibility index (Phi) is 6.58. The highest BCUT2D eigenvalue weighted by molar-refractivity contribution is 5.95. The van der Waals surface area contributed by atoms with Crippen molar-refractivity contribution in [3.8, 4) is 6.07 Å². The second-order valence-electron chi connectivity index (χ2n) is 6.88. The Balaban J connectivity index is 2.15. The number of amides is 1. The van der Waals surface area contributed by atoms with E-state index in [0.717, 1.165) is 37.9 Å². The lowest BCUT2D eigenvalue weighted by atomic mass is 9.95. The number of hydrogen-bond acceptors (Lipinski definition) is 4. The van der Waals surface area contributed by atoms with Gasteiger partial charge in [-0.2, -0.15) is 5.26 Å². The second kappa shape index (κ2) is 8.66. The minimum absolute atomic E-state index is 0.0227. The van der Waals surface area contributed by atoms with Crippen LogP contribution in [-0.4, -0.2) is 30.8 Å². The van der Waals surface area contributed by atoms with Crippen molar-refractivity contribution in [2.24, 2.45) is 5.92 Å². The van der Waals surface area contributed by atoms with E-state index in [1.807, 2.05) is 6.92 Å². The molecule has 1 aliphatic rings. The van der Waals surface area contributed by atoms with Crippen LogP contribution in [0, 0.1) is 17.2 Å². The van der Waals surface area contributed by atoms with Crippen LogP contribution in [0.15, 0.2) is 18.2 Å². The molecule has 1 aliphatic heterocycles. The monoisotopic (exact) mass is 341 g/mol. The fourth-order valence-electron chi connectivity index (χ4n) is 3.38. The maximum atomic E-state index is 12.5. The summed E-state index contributed by atoms with van der Waals surface area (Å²) < 4.78 is 0. The van der Waals surface area contributed by atoms with Crippen LogP contribution in [0.2, 0.25) is 0 Å². The first-order valence-electron chi connectivity index (χ1n) is 9.06. The lowest BCUT2D eigenvalue weighted by Gasteiger charge is -2.34. The molecule has 2 atom stereocenters. The Morgan fingerprint density at radius 3 is 2.84 bits per heavy atom. The van der Waals surface area contributed by atoms with Crippen molar-refractivity contribution in [3.05, 3.63) is 29.3 Å². The van der Waals surface area contributed by atoms with Gasteiger partial charge in [-0.25, -0.2) is 0 Å². The van der Waals surface area contributed by atoms with Gasteiger partial charge in [-0.3, -0.25) is 9.59 Å². The van der Waals surface area contributed by atoms with Gasteiger partial charge in [0.25, 0.3) is 0 Å². The SMILES string of the molecule is CCCC(C)NC(=O)C1CCCN(c2cc(C(C)=O)ccc2C#N)C1. The van der Waals surface area contributed by atoms with Crippen LogP contribution in [0.1, 0.15) is 62.4 Å². The molecule has 2 rings (SSSR count). The standard InChI is InChI=1S/C20H27N3O2/c1-4-6-14(2)22-20(25)18-7-5-10-23(13-18)19-11-16(15(3)24)8-9-17(19)12-21/h8-9,11,14,18H,4-7,10,13H2,1-3H3,(H,22,25). The molecule has 0 spiro atoms. The summed E-state index contributed by atoms with van der Waals surface area (Å²) in [5.74, 6) is -0.0158. The molecule has 1 heterocycles. The van der Waals surface area contributed by atoms with E-state index in [1.54, 1.807) is 18.2 Å². The summed E-state index contributed by atoms with van der Waals surface area (Å²) in [5.41, 5.74) is 1.90. The number of anilines is 1. The Morgan fingerprint density at radius 1 is 1.44 bits per heavy atom. The lowest BCUT2D eigenvalue weighted by molar-refractivity contribution is -0.125. The molecule has 0 radical (unpaired) electrons. The smallest absolute Gasteiger partial charge is 0.225 e. The average Bonchev–Trinajstić information content (AvgIpc) is 2.61. The number of carbonyl (C=O) groups is 2. The predicted octanol–water partition coefficient (Wildman–Crippen LogP) is 3.28. The molecule has 1 aromatic rings. The largest absolute Gasteiger partial charge is 0.370 e. The van der Waals surface area contributed by atoms with E-state index in [2.05, 4.69) is 23.2 Å². The number of nitrogens with zero attached hydrogens (tertiary/aromatic N) is 2. The van der Waals surface area contributed by atoms with E-state index < -0.39 is 0 Å². The number of Topliss-reactive ketones (excluding diaryl/α,β-unsaturated/α-hetero) is 1. The van der Waals surface area contributed by atoms with Crippen molar-refractivity contribution in [3.63, 3.8) is 0 Å². The van der Waals surface area contributed by atoms with Crippen LogP contribution >= 0.6 is 0 Å². The van der Waals surface area contributed by atoms with Crippen LogP contribution in [0.4, 0.5) is 5.69 Å². The van der Waals surface area contributed by atoms with E-state index in [4.69, 9.17) is 0 Å². The maximum Gasteiger partial charge on any atom is 0.225 e. The van der Waals surface area contributed by atoms with Crippen LogP contribution in [0.3, 0.4) is 0 Å². The van der Waals surface area contributed by atoms with Crippen molar-refractivity contribution in [2.45, 2.75) is 52.5 Å². The summed E-state index contributed by atoms with van der Waals surface area (Å²) >= 11 is 0. The first-order chi connectivity index (χ1) is 12.0. The Labute approximate surface area is 150 Å². The second-order valence-corrected chi connectivity index (χ2v) is 6.88. The van der Waals surface area contributed by atoms with Gasteiger partial charge in [0.1, 0.15) is 6.07 Å². The van der Waals surface area contributed by atoms with E-state index in [0.29, 0.717) is 17.7 Å². The van der Waals surface area contributed by atoms with Crippen molar-refractivity contribution in [1.82, 2.24) is 5.32 Å². The molecule has 0 bridgehead atoms. The maximum absolute atomic E-state index is 12.5. The number of nitriles is 1. The molecule has 0 aliphatic carbocycles. The molecular formula is C20H27N3O2. The summed E-state index contributed by atoms with van der Waals surface area (Å²) in [6.07, 6.45) is 3.77. The fraction of sp³-hybridized carbons (Fsp3) is 0.550. The molecule has 2 unspecified atom stereocenters. The first-order valence-corrected chi connectivity index (χ1v) is 9.06. The van der Waals surface area contributed by atoms with Crippen molar-refractivity contribution in [2.75, 3.05) is 18.0 Å². The van der Waals surface area contributed by atoms with E-state index in [1.165, 1.54) is 6.92 Å². The Bertz CT molecular complexity index is 678. The highest BCUT2D eigenvalue weighted by Gasteiger charge is 2.28. The predicted molar refractivity (Wildman–Crippen MR) is 98.6 cm³/mol. The van der Waals surface area contributed by atoms with Gasteiger partial charge in [-0.1, -0.05) is 13.3 Å². The van der Waals surface area contributed by atoms with Crippen molar-refractivity contribution in [1.29, 1.82) is 5.26 Å². The number of hydrogen-bond donors (Lipinski definition) is 1. The summed E-state index contributed by atoms with van der Waals surface area (Å²) in [4.78, 5) is 26.3. The molecule has 5 nitrogen and oxygen atoms in total. The molecule has 1 fully saturated rings. The quantitative estimate of drug-likeness (QED) is 0.806. The van der Waals surface area contributed by atoms with Gasteiger partial charge in [-0.05, 0) is 51.3 Å². The van der Waals surface area contributed by atoms with Gasteiger partial charge in [0.05, 0.1) is 17.2 Å². The summed E-state index contributed by atoms with van der Waals surface area (Å²) in [6, 6.07) is 7.54. The molecule has 134 valence electrons. The summed E-state index contributed by atoms with van der Waals surface area (Å²) in [7, 11) is 0. The number of rotatable bonds is 6. The molecule has 0 aromatic heterocycles. The summed E-state index contributed by atoms with van der Waals surface area (Å²) in [5, 5.41) is 12.5. The Morgan fingerprint density at radius 2 is 2.20 bits per heavy atom. The number of carbonyl (C=O) groups excluding carboxylic acids is 2. The third-order valence-corrected chi connectivity index (χ3v) is 4.77. The van der Waals surface area contributed by atoms with E-state index >= 15 is 0 Å². The molecule has 5 heteroatoms. The van der Waals surface area contributed by atoms with Gasteiger partial charge >= 0.3 is 0 Å². The van der Waals surface area contributed by atoms with Gasteiger partial charge in [0.15, 0.2) is 5.78 Å². The normalized spacial score (nSPS) is 18.3. The van der Waals surface area contributed by atoms with Gasteiger partial charge in [-0.15, -0.1) is 0 Å². The zero-order valence-electron chi connectivity index (χ0n) is 15.3. The molecule has 25 heavy (non-hydrogen) atoms. The topological polar surface area (TPSA) is 73.2 Å². The minimum atomic E-state index is -0.0828. The molecule has 1 saturated heterocycles. The van der Waals surface area contributed by atoms with Crippen LogP contribution < -0.4 is 10.2 Å². The average molecular weight is 341 g/mol. The van der Waals surface area contributed by atoms with E-state index in [-0.39, 0.29) is 23.7 Å². The number of nitrogens with one attached hydrogen (secondary N) is 1. The zero-order chi connectivity index (χ0) is 18.4. The van der Waals surface area contributed by atoms with Crippen LogP contribution in [0.5, 0.6) is 0 Å². The highest BCUT2D eigenvalue weighted by atomic mass is 16.2. The van der Waals surface area contributed by atoms with Crippen LogP contribution in [-0.2, 0) is 4.79 Å². The third kappa shape index (κ3) is 4.82. The van der Waals surface area contributed by atoms with Gasteiger partial charge in [0, 0.05) is 24.7 Å². The number of ketones is 1. The van der Waals surface area contributed by atoms with Gasteiger partial charge < -0.3 is 10.2 Å². The fourth-order valence-corrected chi connectivity index (χ4v) is 3.38. The molecule has 0 saturated carbocycles. The van der Waals surface area contributed by atoms with Gasteiger partial charge in [0.2, 0.25) is 5.91 Å². The minimum Gasteiger partial charge on any atom is -0.370 e. The van der Waals surface area contributed by atoms with E-state index in [9.17, 15) is 14.9 Å². The lowest BCUT2D eigenvalue weighted by Crippen LogP contribution is -2.45. The molecule has 1 N–H and O–H groups in total. The Hall–Kier alpha value is -2.35. The molecule has 1 amide bonds. The third-order valence-electron chi connectivity index (χ3n) is 4.77. The molecule has 1 aromatic carbocycles. The number of piperidine rings is 1. The van der Waals surface area contributed by atoms with Crippen molar-refractivity contribution >= 4 is 17.4 Å². The zero-order valence-corrected chi connectivity index (χ0v) is 15.3.